The predicted octanol–water partition coefficient (Wildman–Crippen LogP) is 4.10. The fourth-order valence-corrected chi connectivity index (χ4v) is 4.51. The van der Waals surface area contributed by atoms with Crippen LogP contribution in [0.3, 0.4) is 0 Å². The third-order valence-corrected chi connectivity index (χ3v) is 7.91. The summed E-state index contributed by atoms with van der Waals surface area (Å²) in [6, 6.07) is 0. The Balaban J connectivity index is -0.000000280. The molecule has 0 amide bonds. The second kappa shape index (κ2) is 33.6. The van der Waals surface area contributed by atoms with Crippen molar-refractivity contribution in [3.8, 4) is 0 Å². The first kappa shape index (κ1) is 45.4. The Morgan fingerprint density at radius 2 is 0.811 bits per heavy atom. The predicted molar refractivity (Wildman–Crippen MR) is 153 cm³/mol. The van der Waals surface area contributed by atoms with Gasteiger partial charge < -0.3 is 10.0 Å². The molecule has 0 heterocycles. The van der Waals surface area contributed by atoms with E-state index in [2.05, 4.69) is 24.7 Å². The van der Waals surface area contributed by atoms with Crippen LogP contribution >= 0.6 is 23.0 Å². The Hall–Kier alpha value is 1.43. The minimum atomic E-state index is -4.48. The number of halogens is 1. The summed E-state index contributed by atoms with van der Waals surface area (Å²) in [5, 5.41) is 0. The van der Waals surface area contributed by atoms with Crippen LogP contribution in [-0.2, 0) is 31.7 Å². The van der Waals surface area contributed by atoms with E-state index < -0.39 is 20.8 Å². The van der Waals surface area contributed by atoms with E-state index in [1.54, 1.807) is 0 Å². The van der Waals surface area contributed by atoms with Crippen LogP contribution in [0.5, 0.6) is 0 Å². The summed E-state index contributed by atoms with van der Waals surface area (Å²) in [5.74, 6) is 0. The zero-order valence-corrected chi connectivity index (χ0v) is 29.3. The molecule has 2 N–H and O–H groups in total. The molecule has 37 heavy (non-hydrogen) atoms. The van der Waals surface area contributed by atoms with Crippen molar-refractivity contribution < 1.29 is 67.3 Å². The maximum atomic E-state index is 10.8. The first-order valence-corrected chi connectivity index (χ1v) is 17.0. The Morgan fingerprint density at radius 3 is 1.08 bits per heavy atom. The molecule has 0 aliphatic heterocycles. The number of hydrogen-bond acceptors (Lipinski definition) is 8. The summed E-state index contributed by atoms with van der Waals surface area (Å²) in [6.07, 6.45) is 23.9. The second-order valence-electron chi connectivity index (χ2n) is 8.89. The zero-order valence-electron chi connectivity index (χ0n) is 23.5. The van der Waals surface area contributed by atoms with E-state index in [4.69, 9.17) is 0 Å². The molecule has 9 nitrogen and oxygen atoms in total. The molecule has 0 saturated carbocycles. The molecule has 0 spiro atoms. The molecular weight excluding hydrogens is 646 g/mol. The number of rotatable bonds is 25. The molecule has 0 aliphatic rings. The molecule has 0 aromatic heterocycles. The topological polar surface area (TPSA) is 151 Å². The maximum Gasteiger partial charge on any atom is 1.00 e. The summed E-state index contributed by atoms with van der Waals surface area (Å²) >= 11 is 1.31. The molecular formula is C24H52INaO9S2. The monoisotopic (exact) mass is 698 g/mol. The Bertz CT molecular complexity index is 636. The first-order valence-electron chi connectivity index (χ1n) is 13.5. The Labute approximate surface area is 264 Å². The van der Waals surface area contributed by atoms with E-state index >= 15 is 0 Å². The van der Waals surface area contributed by atoms with E-state index in [1.165, 1.54) is 113 Å². The van der Waals surface area contributed by atoms with Gasteiger partial charge in [-0.15, -0.1) is 0 Å². The van der Waals surface area contributed by atoms with E-state index in [0.29, 0.717) is 6.42 Å². The largest absolute Gasteiger partial charge is 1.00 e. The van der Waals surface area contributed by atoms with Crippen molar-refractivity contribution in [1.29, 1.82) is 0 Å². The van der Waals surface area contributed by atoms with Crippen LogP contribution in [0.25, 0.3) is 0 Å². The average Bonchev–Trinajstić information content (AvgIpc) is 2.81. The van der Waals surface area contributed by atoms with Crippen molar-refractivity contribution >= 4 is 43.8 Å². The fourth-order valence-electron chi connectivity index (χ4n) is 3.52. The molecule has 0 fully saturated rings. The van der Waals surface area contributed by atoms with Gasteiger partial charge in [0.05, 0.1) is 13.2 Å². The van der Waals surface area contributed by atoms with Crippen LogP contribution in [0.2, 0.25) is 0 Å². The standard InChI is InChI=1S/C12H25IO4S.C12H26O4S.Na.H2O/c1-2-3-4-5-6-7-8-9-10-11-12-16-18(14,15)17-13;1-2-3-4-5-6-7-8-9-10-11-12-16-17(13,14)15;;/h2-12H2,1H3;2-12H2,1H3,(H,13,14,15);;1H2/q;;+1;/p-1. The van der Waals surface area contributed by atoms with Crippen molar-refractivity contribution in [3.63, 3.8) is 0 Å². The SMILES string of the molecule is CCCCCCCCCCCCOS(=O)(=O)OI.CCCCCCCCCCCCOS(=O)(=O)[O-].O.[Na+]. The molecule has 0 aromatic rings. The van der Waals surface area contributed by atoms with E-state index in [0.717, 1.165) is 32.1 Å². The van der Waals surface area contributed by atoms with Crippen LogP contribution in [0.4, 0.5) is 0 Å². The smallest absolute Gasteiger partial charge is 0.726 e. The zero-order chi connectivity index (χ0) is 26.7. The van der Waals surface area contributed by atoms with Gasteiger partial charge in [-0.05, 0) is 12.8 Å². The molecule has 0 rings (SSSR count). The van der Waals surface area contributed by atoms with Gasteiger partial charge in [0, 0.05) is 0 Å². The molecule has 0 radical (unpaired) electrons. The van der Waals surface area contributed by atoms with Gasteiger partial charge in [0.2, 0.25) is 10.4 Å². The minimum absolute atomic E-state index is 0. The minimum Gasteiger partial charge on any atom is -0.726 e. The quantitative estimate of drug-likeness (QED) is 0.0455. The van der Waals surface area contributed by atoms with Gasteiger partial charge in [-0.25, -0.2) is 12.6 Å². The number of hydrogen-bond donors (Lipinski definition) is 0. The van der Waals surface area contributed by atoms with Crippen molar-refractivity contribution in [2.45, 2.75) is 142 Å². The van der Waals surface area contributed by atoms with Gasteiger partial charge in [-0.3, -0.25) is 4.18 Å². The van der Waals surface area contributed by atoms with Gasteiger partial charge >= 0.3 is 40.0 Å². The van der Waals surface area contributed by atoms with Gasteiger partial charge in [-0.2, -0.15) is 10.9 Å². The fraction of sp³-hybridized carbons (Fsp3) is 1.00. The maximum absolute atomic E-state index is 10.8. The normalized spacial score (nSPS) is 11.2. The van der Waals surface area contributed by atoms with Crippen LogP contribution in [0.1, 0.15) is 142 Å². The van der Waals surface area contributed by atoms with Gasteiger partial charge in [-0.1, -0.05) is 129 Å². The molecule has 0 aromatic carbocycles. The van der Waals surface area contributed by atoms with Crippen molar-refractivity contribution in [1.82, 2.24) is 0 Å². The number of unbranched alkanes of at least 4 members (excludes halogenated alkanes) is 18. The van der Waals surface area contributed by atoms with Gasteiger partial charge in [0.15, 0.2) is 0 Å². The first-order chi connectivity index (χ1) is 16.7. The van der Waals surface area contributed by atoms with Crippen LogP contribution in [0, 0.1) is 0 Å². The summed E-state index contributed by atoms with van der Waals surface area (Å²) in [4.78, 5) is 0. The van der Waals surface area contributed by atoms with Crippen LogP contribution < -0.4 is 29.6 Å². The molecule has 13 heteroatoms. The molecule has 222 valence electrons. The summed E-state index contributed by atoms with van der Waals surface area (Å²) in [6.45, 7) is 4.69. The Kier molecular flexibility index (Phi) is 41.3. The van der Waals surface area contributed by atoms with Crippen molar-refractivity contribution in [2.75, 3.05) is 13.2 Å². The second-order valence-corrected chi connectivity index (χ2v) is 12.2. The van der Waals surface area contributed by atoms with E-state index in [-0.39, 0.29) is 48.2 Å². The van der Waals surface area contributed by atoms with Crippen LogP contribution in [-0.4, -0.2) is 40.1 Å². The average molecular weight is 699 g/mol. The molecule has 0 atom stereocenters. The molecule has 0 bridgehead atoms. The summed E-state index contributed by atoms with van der Waals surface area (Å²) in [7, 11) is -8.23. The van der Waals surface area contributed by atoms with Crippen molar-refractivity contribution in [3.05, 3.63) is 0 Å². The van der Waals surface area contributed by atoms with Crippen LogP contribution in [0.15, 0.2) is 0 Å². The van der Waals surface area contributed by atoms with Gasteiger partial charge in [0.25, 0.3) is 0 Å². The molecule has 0 saturated heterocycles. The molecule has 0 unspecified atom stereocenters. The van der Waals surface area contributed by atoms with Gasteiger partial charge in [0.1, 0.15) is 23.0 Å². The van der Waals surface area contributed by atoms with Crippen molar-refractivity contribution in [2.24, 2.45) is 0 Å². The third kappa shape index (κ3) is 44.7. The summed E-state index contributed by atoms with van der Waals surface area (Å²) < 4.78 is 64.8. The Morgan fingerprint density at radius 1 is 0.541 bits per heavy atom. The summed E-state index contributed by atoms with van der Waals surface area (Å²) in [5.41, 5.74) is 0. The third-order valence-electron chi connectivity index (χ3n) is 5.53. The van der Waals surface area contributed by atoms with E-state index in [1.807, 2.05) is 0 Å². The molecule has 0 aliphatic carbocycles. The van der Waals surface area contributed by atoms with E-state index in [9.17, 15) is 21.4 Å².